The van der Waals surface area contributed by atoms with Gasteiger partial charge in [0.2, 0.25) is 0 Å². The topological polar surface area (TPSA) is 35.9 Å². The van der Waals surface area contributed by atoms with Gasteiger partial charge in [-0.25, -0.2) is 0 Å². The summed E-state index contributed by atoms with van der Waals surface area (Å²) < 4.78 is 15.2. The smallest absolute Gasteiger partial charge is 0.162 e. The molecule has 0 unspecified atom stereocenters. The van der Waals surface area contributed by atoms with E-state index < -0.39 is 0 Å². The predicted octanol–water partition coefficient (Wildman–Crippen LogP) is 3.70. The van der Waals surface area contributed by atoms with Crippen molar-refractivity contribution in [3.05, 3.63) is 27.7 Å². The Labute approximate surface area is 89.0 Å². The average molecular weight is 263 g/mol. The summed E-state index contributed by atoms with van der Waals surface area (Å²) in [6.07, 6.45) is 1.19. The molecule has 0 amide bonds. The van der Waals surface area contributed by atoms with E-state index in [1.165, 1.54) is 6.21 Å². The van der Waals surface area contributed by atoms with E-state index >= 15 is 0 Å². The fourth-order valence-electron chi connectivity index (χ4n) is 0.974. The first kappa shape index (κ1) is 10.5. The molecule has 2 N–H and O–H groups in total. The molecule has 1 aromatic carbocycles. The van der Waals surface area contributed by atoms with Crippen LogP contribution in [0, 0.1) is 12.3 Å². The van der Waals surface area contributed by atoms with E-state index in [2.05, 4.69) is 20.7 Å². The molecule has 2 nitrogen and oxygen atoms in total. The van der Waals surface area contributed by atoms with Gasteiger partial charge in [-0.2, -0.15) is 0 Å². The zero-order valence-corrected chi connectivity index (χ0v) is 9.30. The molecule has 1 rings (SSSR count). The van der Waals surface area contributed by atoms with Gasteiger partial charge in [0.25, 0.3) is 0 Å². The van der Waals surface area contributed by atoms with Gasteiger partial charge in [0, 0.05) is 16.3 Å². The minimum Gasteiger partial charge on any atom is -0.308 e. The van der Waals surface area contributed by atoms with Crippen LogP contribution in [0.5, 0.6) is 0 Å². The van der Waals surface area contributed by atoms with Crippen LogP contribution in [-0.4, -0.2) is 6.21 Å². The van der Waals surface area contributed by atoms with E-state index in [4.69, 9.17) is 5.41 Å². The van der Waals surface area contributed by atoms with Gasteiger partial charge in [-0.05, 0) is 34.5 Å². The molecule has 13 heavy (non-hydrogen) atoms. The fourth-order valence-corrected chi connectivity index (χ4v) is 1.69. The van der Waals surface area contributed by atoms with E-state index in [-0.39, 0.29) is 12.3 Å². The van der Waals surface area contributed by atoms with Gasteiger partial charge in [-0.15, -0.1) is 3.89 Å². The molecule has 0 fully saturated rings. The van der Waals surface area contributed by atoms with Gasteiger partial charge in [-0.3, -0.25) is 0 Å². The van der Waals surface area contributed by atoms with E-state index in [1.807, 2.05) is 13.0 Å². The molecule has 0 spiro atoms. The number of anilines is 1. The lowest BCUT2D eigenvalue weighted by Gasteiger charge is -2.08. The number of rotatable bonds is 3. The van der Waals surface area contributed by atoms with E-state index in [1.54, 1.807) is 6.07 Å². The second-order valence-corrected chi connectivity index (χ2v) is 3.63. The van der Waals surface area contributed by atoms with Crippen molar-refractivity contribution in [2.45, 2.75) is 6.92 Å². The first-order valence-electron chi connectivity index (χ1n) is 3.54. The third-order valence-electron chi connectivity index (χ3n) is 1.67. The standard InChI is InChI=1S/C8H8BrFN2S/c1-5-2-3-7(12-13-10)6(4-11)8(5)9/h2-4,11-12H,1H3. The minimum atomic E-state index is 0.0247. The monoisotopic (exact) mass is 262 g/mol. The highest BCUT2D eigenvalue weighted by Crippen LogP contribution is 2.28. The van der Waals surface area contributed by atoms with Crippen LogP contribution in [0.25, 0.3) is 0 Å². The molecule has 0 heterocycles. The number of benzene rings is 1. The summed E-state index contributed by atoms with van der Waals surface area (Å²) in [6, 6.07) is 3.60. The Kier molecular flexibility index (Phi) is 3.74. The second kappa shape index (κ2) is 4.62. The largest absolute Gasteiger partial charge is 0.308 e. The summed E-state index contributed by atoms with van der Waals surface area (Å²) in [7, 11) is 0. The molecule has 5 heteroatoms. The quantitative estimate of drug-likeness (QED) is 0.644. The molecule has 0 aliphatic heterocycles. The fraction of sp³-hybridized carbons (Fsp3) is 0.125. The van der Waals surface area contributed by atoms with Crippen LogP contribution in [0.2, 0.25) is 0 Å². The molecule has 0 saturated heterocycles. The van der Waals surface area contributed by atoms with Crippen LogP contribution >= 0.6 is 28.3 Å². The van der Waals surface area contributed by atoms with Crippen molar-refractivity contribution in [3.8, 4) is 0 Å². The lowest BCUT2D eigenvalue weighted by Crippen LogP contribution is -1.94. The molecule has 0 aliphatic rings. The minimum absolute atomic E-state index is 0.0247. The number of halogens is 2. The zero-order valence-electron chi connectivity index (χ0n) is 6.90. The molecule has 70 valence electrons. The highest BCUT2D eigenvalue weighted by atomic mass is 79.9. The van der Waals surface area contributed by atoms with Gasteiger partial charge < -0.3 is 10.1 Å². The normalized spacial score (nSPS) is 9.77. The van der Waals surface area contributed by atoms with Crippen molar-refractivity contribution in [2.24, 2.45) is 0 Å². The number of nitrogens with one attached hydrogen (secondary N) is 2. The molecular formula is C8H8BrFN2S. The van der Waals surface area contributed by atoms with Crippen LogP contribution in [0.4, 0.5) is 9.57 Å². The SMILES string of the molecule is Cc1ccc(NSF)c(C=N)c1Br. The van der Waals surface area contributed by atoms with E-state index in [0.717, 1.165) is 10.0 Å². The zero-order chi connectivity index (χ0) is 9.84. The first-order chi connectivity index (χ1) is 6.20. The molecule has 0 aliphatic carbocycles. The molecule has 0 aromatic heterocycles. The van der Waals surface area contributed by atoms with Crippen molar-refractivity contribution >= 4 is 40.2 Å². The summed E-state index contributed by atoms with van der Waals surface area (Å²) >= 11 is 3.36. The molecular weight excluding hydrogens is 255 g/mol. The van der Waals surface area contributed by atoms with Crippen molar-refractivity contribution in [1.29, 1.82) is 5.41 Å². The highest BCUT2D eigenvalue weighted by molar-refractivity contribution is 9.10. The Morgan fingerprint density at radius 1 is 1.62 bits per heavy atom. The van der Waals surface area contributed by atoms with Gasteiger partial charge in [0.05, 0.1) is 5.69 Å². The van der Waals surface area contributed by atoms with Crippen LogP contribution < -0.4 is 4.72 Å². The lowest BCUT2D eigenvalue weighted by atomic mass is 10.1. The van der Waals surface area contributed by atoms with E-state index in [0.29, 0.717) is 11.3 Å². The maximum Gasteiger partial charge on any atom is 0.162 e. The molecule has 0 bridgehead atoms. The highest BCUT2D eigenvalue weighted by Gasteiger charge is 2.06. The first-order valence-corrected chi connectivity index (χ1v) is 5.05. The van der Waals surface area contributed by atoms with Crippen LogP contribution in [0.15, 0.2) is 16.6 Å². The van der Waals surface area contributed by atoms with Gasteiger partial charge >= 0.3 is 0 Å². The average Bonchev–Trinajstić information content (AvgIpc) is 2.12. The van der Waals surface area contributed by atoms with Crippen molar-refractivity contribution in [3.63, 3.8) is 0 Å². The van der Waals surface area contributed by atoms with Crippen LogP contribution in [0.1, 0.15) is 11.1 Å². The van der Waals surface area contributed by atoms with Crippen molar-refractivity contribution in [2.75, 3.05) is 4.72 Å². The third-order valence-corrected chi connectivity index (χ3v) is 3.02. The van der Waals surface area contributed by atoms with Gasteiger partial charge in [0.1, 0.15) is 0 Å². The Morgan fingerprint density at radius 2 is 2.31 bits per heavy atom. The van der Waals surface area contributed by atoms with E-state index in [9.17, 15) is 3.89 Å². The Hall–Kier alpha value is -0.550. The second-order valence-electron chi connectivity index (χ2n) is 2.48. The summed E-state index contributed by atoms with van der Waals surface area (Å²) in [5.41, 5.74) is 2.28. The van der Waals surface area contributed by atoms with Gasteiger partial charge in [0.15, 0.2) is 12.3 Å². The predicted molar refractivity (Wildman–Crippen MR) is 59.1 cm³/mol. The molecule has 0 radical (unpaired) electrons. The molecule has 1 aromatic rings. The number of hydrogen-bond acceptors (Lipinski definition) is 3. The maximum atomic E-state index is 11.9. The van der Waals surface area contributed by atoms with Crippen molar-refractivity contribution < 1.29 is 3.89 Å². The summed E-state index contributed by atoms with van der Waals surface area (Å²) in [5, 5.41) is 7.17. The number of aryl methyl sites for hydroxylation is 1. The van der Waals surface area contributed by atoms with Crippen molar-refractivity contribution in [1.82, 2.24) is 0 Å². The summed E-state index contributed by atoms with van der Waals surface area (Å²) in [5.74, 6) is 0. The molecule has 0 saturated carbocycles. The van der Waals surface area contributed by atoms with Gasteiger partial charge in [-0.1, -0.05) is 6.07 Å². The lowest BCUT2D eigenvalue weighted by molar-refractivity contribution is 0.943. The maximum absolute atomic E-state index is 11.9. The van der Waals surface area contributed by atoms with Crippen LogP contribution in [-0.2, 0) is 0 Å². The Morgan fingerprint density at radius 3 is 2.85 bits per heavy atom. The Balaban J connectivity index is 3.21. The molecule has 0 atom stereocenters. The Bertz CT molecular complexity index is 330. The third kappa shape index (κ3) is 2.22. The summed E-state index contributed by atoms with van der Waals surface area (Å²) in [6.45, 7) is 1.92. The number of hydrogen-bond donors (Lipinski definition) is 2. The van der Waals surface area contributed by atoms with Crippen LogP contribution in [0.3, 0.4) is 0 Å². The summed E-state index contributed by atoms with van der Waals surface area (Å²) in [4.78, 5) is 0.